The molecule has 0 radical (unpaired) electrons. The molecule has 0 aliphatic heterocycles. The monoisotopic (exact) mass is 476 g/mol. The lowest BCUT2D eigenvalue weighted by molar-refractivity contribution is -0.120. The van der Waals surface area contributed by atoms with Gasteiger partial charge in [-0.05, 0) is 42.8 Å². The Hall–Kier alpha value is -2.90. The number of thioether (sulfide) groups is 1. The molecule has 170 valence electrons. The molecular weight excluding hydrogens is 448 g/mol. The average Bonchev–Trinajstić information content (AvgIpc) is 3.49. The van der Waals surface area contributed by atoms with Crippen molar-refractivity contribution in [3.05, 3.63) is 100 Å². The van der Waals surface area contributed by atoms with E-state index in [1.165, 1.54) is 22.2 Å². The second kappa shape index (κ2) is 11.3. The minimum Gasteiger partial charge on any atom is -0.349 e. The molecule has 0 aliphatic carbocycles. The predicted molar refractivity (Wildman–Crippen MR) is 136 cm³/mol. The highest BCUT2D eigenvalue weighted by atomic mass is 32.2. The second-order valence-corrected chi connectivity index (χ2v) is 10.3. The maximum Gasteiger partial charge on any atom is 0.233 e. The maximum atomic E-state index is 12.9. The summed E-state index contributed by atoms with van der Waals surface area (Å²) in [4.78, 5) is 14.1. The molecule has 2 aromatic heterocycles. The van der Waals surface area contributed by atoms with E-state index in [2.05, 4.69) is 61.9 Å². The lowest BCUT2D eigenvalue weighted by atomic mass is 10.1. The van der Waals surface area contributed by atoms with Crippen LogP contribution in [0.1, 0.15) is 41.7 Å². The zero-order chi connectivity index (χ0) is 23.0. The highest BCUT2D eigenvalue weighted by molar-refractivity contribution is 8.00. The van der Waals surface area contributed by atoms with Crippen LogP contribution in [-0.2, 0) is 24.2 Å². The Balaban J connectivity index is 1.47. The van der Waals surface area contributed by atoms with Crippen molar-refractivity contribution >= 4 is 29.0 Å². The largest absolute Gasteiger partial charge is 0.349 e. The number of aromatic nitrogens is 3. The molecule has 1 N–H and O–H groups in total. The summed E-state index contributed by atoms with van der Waals surface area (Å²) in [6.07, 6.45) is 1.63. The molecule has 0 saturated carbocycles. The molecule has 0 fully saturated rings. The first-order chi connectivity index (χ1) is 16.1. The van der Waals surface area contributed by atoms with Gasteiger partial charge in [0.15, 0.2) is 5.16 Å². The van der Waals surface area contributed by atoms with Crippen molar-refractivity contribution in [3.63, 3.8) is 0 Å². The Morgan fingerprint density at radius 2 is 1.73 bits per heavy atom. The van der Waals surface area contributed by atoms with Crippen molar-refractivity contribution in [3.8, 4) is 0 Å². The highest BCUT2D eigenvalue weighted by Crippen LogP contribution is 2.25. The van der Waals surface area contributed by atoms with Crippen molar-refractivity contribution in [1.82, 2.24) is 20.1 Å². The second-order valence-electron chi connectivity index (χ2n) is 7.94. The number of aryl methyl sites for hydroxylation is 1. The Morgan fingerprint density at radius 3 is 2.42 bits per heavy atom. The molecule has 5 nitrogen and oxygen atoms in total. The molecule has 0 unspecified atom stereocenters. The molecule has 4 rings (SSSR count). The number of thiophene rings is 1. The van der Waals surface area contributed by atoms with Gasteiger partial charge >= 0.3 is 0 Å². The lowest BCUT2D eigenvalue weighted by Gasteiger charge is -2.18. The van der Waals surface area contributed by atoms with Gasteiger partial charge in [-0.2, -0.15) is 0 Å². The summed E-state index contributed by atoms with van der Waals surface area (Å²) in [5, 5.41) is 14.7. The zero-order valence-electron chi connectivity index (χ0n) is 18.8. The number of rotatable bonds is 10. The zero-order valence-corrected chi connectivity index (χ0v) is 20.5. The van der Waals surface area contributed by atoms with Crippen LogP contribution < -0.4 is 5.32 Å². The van der Waals surface area contributed by atoms with Gasteiger partial charge in [-0.15, -0.1) is 21.5 Å². The summed E-state index contributed by atoms with van der Waals surface area (Å²) in [5.74, 6) is 0.926. The van der Waals surface area contributed by atoms with Gasteiger partial charge in [0, 0.05) is 17.8 Å². The van der Waals surface area contributed by atoms with Crippen LogP contribution in [0.4, 0.5) is 0 Å². The van der Waals surface area contributed by atoms with Crippen LogP contribution in [0.2, 0.25) is 0 Å². The minimum absolute atomic E-state index is 0.00577. The van der Waals surface area contributed by atoms with Crippen molar-refractivity contribution in [1.29, 1.82) is 0 Å². The first kappa shape index (κ1) is 23.3. The summed E-state index contributed by atoms with van der Waals surface area (Å²) in [5.41, 5.74) is 2.36. The Kier molecular flexibility index (Phi) is 7.96. The van der Waals surface area contributed by atoms with Gasteiger partial charge in [-0.1, -0.05) is 78.5 Å². The number of nitrogens with zero attached hydrogens (tertiary/aromatic N) is 3. The topological polar surface area (TPSA) is 59.8 Å². The number of amides is 1. The van der Waals surface area contributed by atoms with Crippen molar-refractivity contribution in [2.45, 2.75) is 49.7 Å². The lowest BCUT2D eigenvalue weighted by Crippen LogP contribution is -2.33. The summed E-state index contributed by atoms with van der Waals surface area (Å²) < 4.78 is 2.17. The number of hydrogen-bond donors (Lipinski definition) is 1. The van der Waals surface area contributed by atoms with E-state index in [-0.39, 0.29) is 17.2 Å². The van der Waals surface area contributed by atoms with E-state index in [9.17, 15) is 4.79 Å². The van der Waals surface area contributed by atoms with Crippen LogP contribution in [-0.4, -0.2) is 25.9 Å². The number of nitrogens with one attached hydrogen (secondary N) is 1. The standard InChI is InChI=1S/C26H28N4OS2/c1-19(22-12-7-4-8-13-22)27-25(31)20(2)33-26-29-28-24(18-23-14-9-17-32-23)30(26)16-15-21-10-5-3-6-11-21/h3-14,17,19-20H,15-16,18H2,1-2H3,(H,27,31)/t19-,20+/m0/s1. The molecule has 7 heteroatoms. The van der Waals surface area contributed by atoms with E-state index in [4.69, 9.17) is 0 Å². The quantitative estimate of drug-likeness (QED) is 0.306. The molecule has 0 saturated heterocycles. The van der Waals surface area contributed by atoms with Crippen LogP contribution in [0.5, 0.6) is 0 Å². The minimum atomic E-state index is -0.287. The SMILES string of the molecule is C[C@H](NC(=O)[C@@H](C)Sc1nnc(Cc2cccs2)n1CCc1ccccc1)c1ccccc1. The Bertz CT molecular complexity index is 1140. The maximum absolute atomic E-state index is 12.9. The van der Waals surface area contributed by atoms with Gasteiger partial charge in [0.05, 0.1) is 11.3 Å². The molecule has 0 aliphatic rings. The van der Waals surface area contributed by atoms with Crippen LogP contribution in [0.3, 0.4) is 0 Å². The fourth-order valence-electron chi connectivity index (χ4n) is 3.58. The molecule has 0 spiro atoms. The first-order valence-electron chi connectivity index (χ1n) is 11.1. The van der Waals surface area contributed by atoms with Crippen LogP contribution in [0.15, 0.2) is 83.3 Å². The Labute approximate surface area is 203 Å². The molecule has 2 heterocycles. The van der Waals surface area contributed by atoms with Gasteiger partial charge in [-0.25, -0.2) is 0 Å². The van der Waals surface area contributed by atoms with Gasteiger partial charge in [-0.3, -0.25) is 4.79 Å². The summed E-state index contributed by atoms with van der Waals surface area (Å²) in [6.45, 7) is 4.70. The van der Waals surface area contributed by atoms with E-state index in [1.54, 1.807) is 11.3 Å². The van der Waals surface area contributed by atoms with Crippen LogP contribution >= 0.6 is 23.1 Å². The number of carbonyl (C=O) groups excluding carboxylic acids is 1. The molecular formula is C26H28N4OS2. The van der Waals surface area contributed by atoms with E-state index < -0.39 is 0 Å². The summed E-state index contributed by atoms with van der Waals surface area (Å²) in [6, 6.07) is 24.6. The number of benzene rings is 2. The van der Waals surface area contributed by atoms with Gasteiger partial charge in [0.25, 0.3) is 0 Å². The third-order valence-corrected chi connectivity index (χ3v) is 7.44. The van der Waals surface area contributed by atoms with E-state index in [0.717, 1.165) is 35.9 Å². The number of carbonyl (C=O) groups is 1. The third-order valence-electron chi connectivity index (χ3n) is 5.48. The predicted octanol–water partition coefficient (Wildman–Crippen LogP) is 5.53. The van der Waals surface area contributed by atoms with Crippen molar-refractivity contribution < 1.29 is 4.79 Å². The van der Waals surface area contributed by atoms with Gasteiger partial charge in [0.1, 0.15) is 5.82 Å². The normalized spacial score (nSPS) is 12.9. The van der Waals surface area contributed by atoms with E-state index in [1.807, 2.05) is 50.2 Å². The summed E-state index contributed by atoms with van der Waals surface area (Å²) in [7, 11) is 0. The van der Waals surface area contributed by atoms with E-state index in [0.29, 0.717) is 0 Å². The van der Waals surface area contributed by atoms with Gasteiger partial charge in [0.2, 0.25) is 5.91 Å². The fourth-order valence-corrected chi connectivity index (χ4v) is 5.19. The smallest absolute Gasteiger partial charge is 0.233 e. The molecule has 2 aromatic carbocycles. The molecule has 33 heavy (non-hydrogen) atoms. The highest BCUT2D eigenvalue weighted by Gasteiger charge is 2.22. The van der Waals surface area contributed by atoms with Gasteiger partial charge < -0.3 is 9.88 Å². The Morgan fingerprint density at radius 1 is 1.00 bits per heavy atom. The van der Waals surface area contributed by atoms with Crippen molar-refractivity contribution in [2.24, 2.45) is 0 Å². The molecule has 0 bridgehead atoms. The average molecular weight is 477 g/mol. The van der Waals surface area contributed by atoms with Crippen LogP contribution in [0.25, 0.3) is 0 Å². The van der Waals surface area contributed by atoms with E-state index >= 15 is 0 Å². The van der Waals surface area contributed by atoms with Crippen LogP contribution in [0, 0.1) is 0 Å². The number of hydrogen-bond acceptors (Lipinski definition) is 5. The van der Waals surface area contributed by atoms with Crippen molar-refractivity contribution in [2.75, 3.05) is 0 Å². The third kappa shape index (κ3) is 6.33. The molecule has 4 aromatic rings. The first-order valence-corrected chi connectivity index (χ1v) is 12.9. The fraction of sp³-hybridized carbons (Fsp3) is 0.269. The molecule has 2 atom stereocenters. The molecule has 1 amide bonds. The summed E-state index contributed by atoms with van der Waals surface area (Å²) >= 11 is 3.19.